The molecule has 2 rings (SSSR count). The summed E-state index contributed by atoms with van der Waals surface area (Å²) in [6.45, 7) is -0.240. The minimum Gasteiger partial charge on any atom is -0.483 e. The van der Waals surface area contributed by atoms with E-state index in [-0.39, 0.29) is 12.2 Å². The first kappa shape index (κ1) is 14.9. The van der Waals surface area contributed by atoms with Crippen molar-refractivity contribution in [2.45, 2.75) is 6.61 Å². The minimum absolute atomic E-state index is 0.224. The zero-order valence-corrected chi connectivity index (χ0v) is 11.0. The van der Waals surface area contributed by atoms with Gasteiger partial charge in [0.1, 0.15) is 12.4 Å². The number of hydrogen-bond acceptors (Lipinski definition) is 3. The summed E-state index contributed by atoms with van der Waals surface area (Å²) in [6, 6.07) is 7.00. The fraction of sp³-hybridized carbons (Fsp3) is 0.133. The Hall–Kier alpha value is -2.50. The standard InChI is InChI=1S/C15H11F3O3/c1-20-15(19)10-6-5-9(7-13(10)18)8-21-14-11(16)3-2-4-12(14)17/h2-7H,8H2,1H3. The van der Waals surface area contributed by atoms with Crippen LogP contribution in [0.2, 0.25) is 0 Å². The molecule has 21 heavy (non-hydrogen) atoms. The predicted molar refractivity (Wildman–Crippen MR) is 68.4 cm³/mol. The van der Waals surface area contributed by atoms with Gasteiger partial charge in [0.25, 0.3) is 0 Å². The summed E-state index contributed by atoms with van der Waals surface area (Å²) in [4.78, 5) is 11.2. The van der Waals surface area contributed by atoms with E-state index in [1.54, 1.807) is 0 Å². The maximum atomic E-state index is 13.7. The van der Waals surface area contributed by atoms with Gasteiger partial charge in [-0.1, -0.05) is 12.1 Å². The Labute approximate surface area is 118 Å². The van der Waals surface area contributed by atoms with Crippen molar-refractivity contribution >= 4 is 5.97 Å². The van der Waals surface area contributed by atoms with Crippen molar-refractivity contribution in [3.63, 3.8) is 0 Å². The molecule has 0 atom stereocenters. The normalized spacial score (nSPS) is 10.3. The van der Waals surface area contributed by atoms with Crippen molar-refractivity contribution in [3.8, 4) is 5.75 Å². The molecule has 0 aliphatic carbocycles. The number of methoxy groups -OCH3 is 1. The molecule has 0 amide bonds. The number of benzene rings is 2. The number of para-hydroxylation sites is 1. The molecule has 0 heterocycles. The van der Waals surface area contributed by atoms with Gasteiger partial charge in [0, 0.05) is 0 Å². The van der Waals surface area contributed by atoms with Gasteiger partial charge >= 0.3 is 5.97 Å². The highest BCUT2D eigenvalue weighted by Crippen LogP contribution is 2.22. The molecule has 0 saturated carbocycles. The Kier molecular flexibility index (Phi) is 4.47. The minimum atomic E-state index is -0.846. The Balaban J connectivity index is 2.14. The van der Waals surface area contributed by atoms with Gasteiger partial charge in [-0.25, -0.2) is 18.0 Å². The predicted octanol–water partition coefficient (Wildman–Crippen LogP) is 3.47. The van der Waals surface area contributed by atoms with Gasteiger partial charge in [0.2, 0.25) is 0 Å². The van der Waals surface area contributed by atoms with E-state index < -0.39 is 29.2 Å². The number of rotatable bonds is 4. The van der Waals surface area contributed by atoms with E-state index >= 15 is 0 Å². The molecule has 0 unspecified atom stereocenters. The number of carbonyl (C=O) groups is 1. The Morgan fingerprint density at radius 3 is 2.29 bits per heavy atom. The Morgan fingerprint density at radius 2 is 1.71 bits per heavy atom. The summed E-state index contributed by atoms with van der Waals surface area (Å²) in [7, 11) is 1.14. The van der Waals surface area contributed by atoms with Gasteiger partial charge in [-0.2, -0.15) is 0 Å². The third-order valence-electron chi connectivity index (χ3n) is 2.74. The number of esters is 1. The summed E-state index contributed by atoms with van der Waals surface area (Å²) < 4.78 is 49.8. The van der Waals surface area contributed by atoms with Crippen LogP contribution in [0.25, 0.3) is 0 Å². The first-order valence-electron chi connectivity index (χ1n) is 5.96. The van der Waals surface area contributed by atoms with Crippen LogP contribution in [-0.2, 0) is 11.3 Å². The van der Waals surface area contributed by atoms with Crippen molar-refractivity contribution < 1.29 is 27.4 Å². The first-order chi connectivity index (χ1) is 10.0. The monoisotopic (exact) mass is 296 g/mol. The number of carbonyl (C=O) groups excluding carboxylic acids is 1. The molecule has 0 fully saturated rings. The van der Waals surface area contributed by atoms with Gasteiger partial charge < -0.3 is 9.47 Å². The average Bonchev–Trinajstić information content (AvgIpc) is 2.46. The molecule has 2 aromatic rings. The van der Waals surface area contributed by atoms with Crippen LogP contribution in [0.4, 0.5) is 13.2 Å². The maximum absolute atomic E-state index is 13.7. The molecule has 3 nitrogen and oxygen atoms in total. The van der Waals surface area contributed by atoms with Gasteiger partial charge in [0.15, 0.2) is 17.4 Å². The van der Waals surface area contributed by atoms with E-state index in [1.165, 1.54) is 18.2 Å². The quantitative estimate of drug-likeness (QED) is 0.810. The van der Waals surface area contributed by atoms with Crippen molar-refractivity contribution in [1.82, 2.24) is 0 Å². The number of hydrogen-bond donors (Lipinski definition) is 0. The van der Waals surface area contributed by atoms with E-state index in [0.29, 0.717) is 5.56 Å². The zero-order valence-electron chi connectivity index (χ0n) is 11.0. The summed E-state index contributed by atoms with van der Waals surface area (Å²) in [5.41, 5.74) is 0.0983. The third kappa shape index (κ3) is 3.34. The van der Waals surface area contributed by atoms with E-state index in [9.17, 15) is 18.0 Å². The van der Waals surface area contributed by atoms with Crippen LogP contribution in [0.15, 0.2) is 36.4 Å². The molecular formula is C15H11F3O3. The fourth-order valence-electron chi connectivity index (χ4n) is 1.70. The second-order valence-electron chi connectivity index (χ2n) is 4.15. The molecule has 0 aliphatic rings. The van der Waals surface area contributed by atoms with Crippen molar-refractivity contribution in [2.24, 2.45) is 0 Å². The molecule has 0 bridgehead atoms. The highest BCUT2D eigenvalue weighted by atomic mass is 19.1. The first-order valence-corrected chi connectivity index (χ1v) is 5.96. The lowest BCUT2D eigenvalue weighted by molar-refractivity contribution is 0.0595. The summed E-state index contributed by atoms with van der Waals surface area (Å²) >= 11 is 0. The molecular weight excluding hydrogens is 285 g/mol. The molecule has 110 valence electrons. The van der Waals surface area contributed by atoms with E-state index in [2.05, 4.69) is 4.74 Å². The second kappa shape index (κ2) is 6.30. The molecule has 0 N–H and O–H groups in total. The average molecular weight is 296 g/mol. The van der Waals surface area contributed by atoms with E-state index in [4.69, 9.17) is 4.74 Å². The topological polar surface area (TPSA) is 35.5 Å². The number of ether oxygens (including phenoxy) is 2. The smallest absolute Gasteiger partial charge is 0.340 e. The Bertz CT molecular complexity index is 651. The highest BCUT2D eigenvalue weighted by molar-refractivity contribution is 5.89. The van der Waals surface area contributed by atoms with Gasteiger partial charge in [0.05, 0.1) is 12.7 Å². The van der Waals surface area contributed by atoms with Crippen LogP contribution in [0.1, 0.15) is 15.9 Å². The second-order valence-corrected chi connectivity index (χ2v) is 4.15. The lowest BCUT2D eigenvalue weighted by Gasteiger charge is -2.09. The van der Waals surface area contributed by atoms with Crippen molar-refractivity contribution in [2.75, 3.05) is 7.11 Å². The fourth-order valence-corrected chi connectivity index (χ4v) is 1.70. The largest absolute Gasteiger partial charge is 0.483 e. The van der Waals surface area contributed by atoms with Crippen molar-refractivity contribution in [3.05, 3.63) is 65.0 Å². The lowest BCUT2D eigenvalue weighted by Crippen LogP contribution is -2.06. The van der Waals surface area contributed by atoms with Crippen LogP contribution in [0.5, 0.6) is 5.75 Å². The van der Waals surface area contributed by atoms with Crippen LogP contribution in [0, 0.1) is 17.5 Å². The molecule has 0 aromatic heterocycles. The molecule has 0 aliphatic heterocycles. The van der Waals surface area contributed by atoms with Crippen LogP contribution < -0.4 is 4.74 Å². The van der Waals surface area contributed by atoms with Crippen molar-refractivity contribution in [1.29, 1.82) is 0 Å². The molecule has 6 heteroatoms. The third-order valence-corrected chi connectivity index (χ3v) is 2.74. The van der Waals surface area contributed by atoms with Gasteiger partial charge in [-0.05, 0) is 29.8 Å². The molecule has 2 aromatic carbocycles. The zero-order chi connectivity index (χ0) is 15.4. The SMILES string of the molecule is COC(=O)c1ccc(COc2c(F)cccc2F)cc1F. The highest BCUT2D eigenvalue weighted by Gasteiger charge is 2.14. The summed E-state index contributed by atoms with van der Waals surface area (Å²) in [6.07, 6.45) is 0. The van der Waals surface area contributed by atoms with Crippen LogP contribution in [-0.4, -0.2) is 13.1 Å². The van der Waals surface area contributed by atoms with Gasteiger partial charge in [-0.3, -0.25) is 0 Å². The van der Waals surface area contributed by atoms with E-state index in [1.807, 2.05) is 0 Å². The van der Waals surface area contributed by atoms with E-state index in [0.717, 1.165) is 25.3 Å². The Morgan fingerprint density at radius 1 is 1.05 bits per heavy atom. The molecule has 0 spiro atoms. The summed E-state index contributed by atoms with van der Waals surface area (Å²) in [5, 5.41) is 0. The maximum Gasteiger partial charge on any atom is 0.340 e. The lowest BCUT2D eigenvalue weighted by atomic mass is 10.1. The number of halogens is 3. The molecule has 0 radical (unpaired) electrons. The van der Waals surface area contributed by atoms with Crippen LogP contribution in [0.3, 0.4) is 0 Å². The van der Waals surface area contributed by atoms with Crippen LogP contribution >= 0.6 is 0 Å². The van der Waals surface area contributed by atoms with Gasteiger partial charge in [-0.15, -0.1) is 0 Å². The summed E-state index contributed by atoms with van der Waals surface area (Å²) in [5.74, 6) is -3.82. The molecule has 0 saturated heterocycles.